The Morgan fingerprint density at radius 2 is 1.24 bits per heavy atom. The van der Waals surface area contributed by atoms with E-state index < -0.39 is 48.4 Å². The van der Waals surface area contributed by atoms with Crippen molar-refractivity contribution in [2.45, 2.75) is 75.9 Å². The van der Waals surface area contributed by atoms with Crippen molar-refractivity contribution >= 4 is 46.4 Å². The number of nitrogens with zero attached hydrogens (tertiary/aromatic N) is 3. The van der Waals surface area contributed by atoms with Crippen molar-refractivity contribution in [1.29, 1.82) is 0 Å². The molecule has 2 aliphatic heterocycles. The molecule has 3 aromatic carbocycles. The molecule has 58 heavy (non-hydrogen) atoms. The van der Waals surface area contributed by atoms with Gasteiger partial charge in [0.1, 0.15) is 23.9 Å². The molecule has 2 saturated heterocycles. The van der Waals surface area contributed by atoms with Crippen molar-refractivity contribution in [2.75, 3.05) is 46.8 Å². The summed E-state index contributed by atoms with van der Waals surface area (Å²) in [6, 6.07) is 17.0. The summed E-state index contributed by atoms with van der Waals surface area (Å²) in [6.45, 7) is 4.31. The van der Waals surface area contributed by atoms with E-state index in [0.717, 1.165) is 46.0 Å². The maximum Gasteiger partial charge on any atom is 0.407 e. The molecule has 4 N–H and O–H groups in total. The number of fused-ring (bicyclic) bond motifs is 1. The number of aromatic amines is 1. The van der Waals surface area contributed by atoms with Crippen LogP contribution < -0.4 is 16.0 Å². The summed E-state index contributed by atoms with van der Waals surface area (Å²) in [6.07, 6.45) is 1.78. The van der Waals surface area contributed by atoms with E-state index in [9.17, 15) is 24.0 Å². The van der Waals surface area contributed by atoms with Gasteiger partial charge in [0.15, 0.2) is 0 Å². The van der Waals surface area contributed by atoms with Crippen LogP contribution >= 0.6 is 0 Å². The average Bonchev–Trinajstić information content (AvgIpc) is 4.05. The lowest BCUT2D eigenvalue weighted by Crippen LogP contribution is -2.56. The number of likely N-dealkylation sites (tertiary alicyclic amines) is 2. The molecule has 16 nitrogen and oxygen atoms in total. The van der Waals surface area contributed by atoms with Crippen LogP contribution in [0.25, 0.3) is 33.2 Å². The summed E-state index contributed by atoms with van der Waals surface area (Å²) in [7, 11) is 5.40. The van der Waals surface area contributed by atoms with Gasteiger partial charge in [-0.05, 0) is 85.7 Å². The first kappa shape index (κ1) is 41.6. The molecule has 0 spiro atoms. The minimum atomic E-state index is -1.01. The quantitative estimate of drug-likeness (QED) is 0.143. The van der Waals surface area contributed by atoms with Gasteiger partial charge in [-0.1, -0.05) is 36.4 Å². The SMILES string of the molecule is COC(=O)N[C@H](C(=O)N1CCC[C@H]1C(=O)Nc1ccc(-c2ccc3cc(-c4cnc([C@@H]5CCCN5C(=O)[C@@H](NC(=O)OC)[C@@H](C)OC)[nH]4)ccc3c2)cc1)[C@@H](C)OC. The number of anilines is 1. The number of nitrogens with one attached hydrogen (secondary N) is 4. The van der Waals surface area contributed by atoms with E-state index in [4.69, 9.17) is 14.2 Å². The number of imidazole rings is 1. The van der Waals surface area contributed by atoms with Crippen molar-refractivity contribution in [3.63, 3.8) is 0 Å². The lowest BCUT2D eigenvalue weighted by Gasteiger charge is -2.30. The lowest BCUT2D eigenvalue weighted by atomic mass is 9.99. The second-order valence-corrected chi connectivity index (χ2v) is 14.5. The molecule has 1 aromatic heterocycles. The summed E-state index contributed by atoms with van der Waals surface area (Å²) >= 11 is 0. The second-order valence-electron chi connectivity index (χ2n) is 14.5. The fourth-order valence-electron chi connectivity index (χ4n) is 7.60. The van der Waals surface area contributed by atoms with E-state index in [-0.39, 0.29) is 17.9 Å². The van der Waals surface area contributed by atoms with Crippen LogP contribution in [-0.2, 0) is 33.3 Å². The number of alkyl carbamates (subject to hydrolysis) is 2. The molecule has 2 aliphatic rings. The minimum Gasteiger partial charge on any atom is -0.453 e. The Balaban J connectivity index is 1.11. The Hall–Kier alpha value is -6.00. The zero-order valence-corrected chi connectivity index (χ0v) is 33.6. The molecule has 3 heterocycles. The van der Waals surface area contributed by atoms with Gasteiger partial charge < -0.3 is 49.7 Å². The number of hydrogen-bond donors (Lipinski definition) is 4. The van der Waals surface area contributed by atoms with Gasteiger partial charge in [0.25, 0.3) is 0 Å². The summed E-state index contributed by atoms with van der Waals surface area (Å²) in [5.74, 6) is -0.304. The maximum atomic E-state index is 13.6. The standard InChI is InChI=1S/C42H51N7O9/c1-24(55-3)35(46-41(53)57-5)39(51)48-19-7-9-33(48)37-43-23-32(45-37)30-14-13-28-21-27(11-12-29(28)22-30)26-15-17-31(18-16-26)44-38(50)34-10-8-20-49(34)40(52)36(25(2)56-4)47-42(54)58-6/h11-18,21-25,33-36H,7-10,19-20H2,1-6H3,(H,43,45)(H,44,50)(H,46,53)(H,47,54)/t24-,25-,33+,34+,35+,36+/m1/s1. The second kappa shape index (κ2) is 18.5. The molecule has 6 rings (SSSR count). The number of amides is 5. The third kappa shape index (κ3) is 9.08. The Bertz CT molecular complexity index is 2120. The van der Waals surface area contributed by atoms with E-state index in [1.807, 2.05) is 36.4 Å². The smallest absolute Gasteiger partial charge is 0.407 e. The third-order valence-electron chi connectivity index (χ3n) is 11.1. The molecule has 308 valence electrons. The molecule has 6 atom stereocenters. The van der Waals surface area contributed by atoms with Gasteiger partial charge in [-0.3, -0.25) is 14.4 Å². The van der Waals surface area contributed by atoms with Crippen LogP contribution in [-0.4, -0.2) is 122 Å². The van der Waals surface area contributed by atoms with Gasteiger partial charge in [-0.25, -0.2) is 14.6 Å². The van der Waals surface area contributed by atoms with Gasteiger partial charge in [-0.15, -0.1) is 0 Å². The van der Waals surface area contributed by atoms with Gasteiger partial charge in [-0.2, -0.15) is 0 Å². The van der Waals surface area contributed by atoms with Gasteiger partial charge >= 0.3 is 12.2 Å². The highest BCUT2D eigenvalue weighted by molar-refractivity contribution is 5.99. The van der Waals surface area contributed by atoms with Crippen LogP contribution in [0.1, 0.15) is 51.4 Å². The van der Waals surface area contributed by atoms with Crippen LogP contribution in [0.15, 0.2) is 66.9 Å². The number of rotatable bonds is 13. The molecule has 0 radical (unpaired) electrons. The Labute approximate surface area is 336 Å². The lowest BCUT2D eigenvalue weighted by molar-refractivity contribution is -0.141. The molecule has 5 amide bonds. The summed E-state index contributed by atoms with van der Waals surface area (Å²) in [5, 5.41) is 10.2. The first-order valence-corrected chi connectivity index (χ1v) is 19.3. The third-order valence-corrected chi connectivity index (χ3v) is 11.1. The van der Waals surface area contributed by atoms with Crippen molar-refractivity contribution in [3.05, 3.63) is 72.7 Å². The number of carbonyl (C=O) groups excluding carboxylic acids is 5. The van der Waals surface area contributed by atoms with E-state index >= 15 is 0 Å². The molecule has 4 aromatic rings. The molecular formula is C42H51N7O9. The monoisotopic (exact) mass is 797 g/mol. The van der Waals surface area contributed by atoms with Crippen LogP contribution in [0.5, 0.6) is 0 Å². The Morgan fingerprint density at radius 3 is 1.84 bits per heavy atom. The van der Waals surface area contributed by atoms with E-state index in [0.29, 0.717) is 37.4 Å². The number of hydrogen-bond acceptors (Lipinski definition) is 10. The first-order chi connectivity index (χ1) is 28.0. The highest BCUT2D eigenvalue weighted by Crippen LogP contribution is 2.34. The number of benzene rings is 3. The predicted molar refractivity (Wildman–Crippen MR) is 216 cm³/mol. The highest BCUT2D eigenvalue weighted by atomic mass is 16.5. The first-order valence-electron chi connectivity index (χ1n) is 19.3. The summed E-state index contributed by atoms with van der Waals surface area (Å²) < 4.78 is 20.2. The largest absolute Gasteiger partial charge is 0.453 e. The number of carbonyl (C=O) groups is 5. The van der Waals surface area contributed by atoms with E-state index in [1.165, 1.54) is 33.3 Å². The highest BCUT2D eigenvalue weighted by Gasteiger charge is 2.41. The predicted octanol–water partition coefficient (Wildman–Crippen LogP) is 5.01. The summed E-state index contributed by atoms with van der Waals surface area (Å²) in [5.41, 5.74) is 4.32. The van der Waals surface area contributed by atoms with Crippen LogP contribution in [0.4, 0.5) is 15.3 Å². The molecule has 0 aliphatic carbocycles. The Morgan fingerprint density at radius 1 is 0.707 bits per heavy atom. The summed E-state index contributed by atoms with van der Waals surface area (Å²) in [4.78, 5) is 75.8. The number of H-pyrrole nitrogens is 1. The van der Waals surface area contributed by atoms with E-state index in [1.54, 1.807) is 24.9 Å². The zero-order valence-electron chi connectivity index (χ0n) is 33.6. The van der Waals surface area contributed by atoms with Crippen molar-refractivity contribution in [2.24, 2.45) is 0 Å². The topological polar surface area (TPSA) is 194 Å². The number of aromatic nitrogens is 2. The molecule has 0 unspecified atom stereocenters. The molecule has 0 bridgehead atoms. The zero-order chi connectivity index (χ0) is 41.5. The Kier molecular flexibility index (Phi) is 13.3. The van der Waals surface area contributed by atoms with Crippen molar-refractivity contribution < 1.29 is 42.9 Å². The van der Waals surface area contributed by atoms with Gasteiger partial charge in [0.05, 0.1) is 44.4 Å². The minimum absolute atomic E-state index is 0.260. The van der Waals surface area contributed by atoms with Crippen molar-refractivity contribution in [1.82, 2.24) is 30.4 Å². The fraction of sp³-hybridized carbons (Fsp3) is 0.429. The number of ether oxygens (including phenoxy) is 4. The number of methoxy groups -OCH3 is 4. The molecule has 2 fully saturated rings. The van der Waals surface area contributed by atoms with E-state index in [2.05, 4.69) is 54.9 Å². The van der Waals surface area contributed by atoms with Gasteiger partial charge in [0.2, 0.25) is 17.7 Å². The van der Waals surface area contributed by atoms with Crippen LogP contribution in [0.2, 0.25) is 0 Å². The van der Waals surface area contributed by atoms with Crippen LogP contribution in [0.3, 0.4) is 0 Å². The van der Waals surface area contributed by atoms with Gasteiger partial charge in [0, 0.05) is 38.6 Å². The average molecular weight is 798 g/mol. The fourth-order valence-corrected chi connectivity index (χ4v) is 7.60. The maximum absolute atomic E-state index is 13.6. The normalized spacial score (nSPS) is 18.6. The van der Waals surface area contributed by atoms with Crippen LogP contribution in [0, 0.1) is 0 Å². The molecular weight excluding hydrogens is 747 g/mol. The molecule has 16 heteroatoms. The van der Waals surface area contributed by atoms with Crippen molar-refractivity contribution in [3.8, 4) is 22.4 Å². The molecule has 0 saturated carbocycles.